The first kappa shape index (κ1) is 14.6. The van der Waals surface area contributed by atoms with Crippen LogP contribution in [0.25, 0.3) is 0 Å². The summed E-state index contributed by atoms with van der Waals surface area (Å²) in [6.07, 6.45) is 0. The average molecular weight is 303 g/mol. The van der Waals surface area contributed by atoms with Gasteiger partial charge in [0, 0.05) is 23.0 Å². The van der Waals surface area contributed by atoms with Crippen LogP contribution in [-0.2, 0) is 16.6 Å². The molecule has 0 unspecified atom stereocenters. The highest BCUT2D eigenvalue weighted by Gasteiger charge is 2.20. The van der Waals surface area contributed by atoms with E-state index in [1.54, 1.807) is 6.07 Å². The van der Waals surface area contributed by atoms with E-state index >= 15 is 0 Å². The first-order valence-corrected chi connectivity index (χ1v) is 8.58. The van der Waals surface area contributed by atoms with Crippen LogP contribution < -0.4 is 9.46 Å². The van der Waals surface area contributed by atoms with Gasteiger partial charge in [0.25, 0.3) is 0 Å². The van der Waals surface area contributed by atoms with Crippen LogP contribution in [0.1, 0.15) is 5.56 Å². The lowest BCUT2D eigenvalue weighted by Crippen LogP contribution is -2.25. The van der Waals surface area contributed by atoms with Crippen LogP contribution in [0.2, 0.25) is 0 Å². The molecule has 0 radical (unpaired) electrons. The molecule has 1 heterocycles. The molecule has 1 aliphatic rings. The van der Waals surface area contributed by atoms with Gasteiger partial charge in [-0.25, -0.2) is 13.1 Å². The van der Waals surface area contributed by atoms with E-state index in [9.17, 15) is 13.5 Å². The normalized spacial score (nSPS) is 16.1. The van der Waals surface area contributed by atoms with Crippen LogP contribution in [0, 0.1) is 5.92 Å². The summed E-state index contributed by atoms with van der Waals surface area (Å²) in [5.74, 6) is 3.30. The van der Waals surface area contributed by atoms with Gasteiger partial charge in [-0.3, -0.25) is 0 Å². The van der Waals surface area contributed by atoms with Crippen LogP contribution in [0.3, 0.4) is 0 Å². The molecular weight excluding hydrogens is 286 g/mol. The van der Waals surface area contributed by atoms with Gasteiger partial charge in [0.15, 0.2) is 0 Å². The van der Waals surface area contributed by atoms with Crippen molar-refractivity contribution < 1.29 is 18.3 Å². The van der Waals surface area contributed by atoms with Gasteiger partial charge in [-0.2, -0.15) is 11.8 Å². The molecular formula is C12H17NO4S2. The van der Waals surface area contributed by atoms with Gasteiger partial charge in [0.1, 0.15) is 5.75 Å². The van der Waals surface area contributed by atoms with E-state index in [0.717, 1.165) is 11.5 Å². The van der Waals surface area contributed by atoms with Crippen molar-refractivity contribution in [2.45, 2.75) is 11.5 Å². The third kappa shape index (κ3) is 3.42. The van der Waals surface area contributed by atoms with Crippen LogP contribution in [0.5, 0.6) is 5.75 Å². The van der Waals surface area contributed by atoms with Gasteiger partial charge in [-0.1, -0.05) is 0 Å². The summed E-state index contributed by atoms with van der Waals surface area (Å²) in [7, 11) is -2.14. The number of benzene rings is 1. The fraction of sp³-hybridized carbons (Fsp3) is 0.500. The molecule has 19 heavy (non-hydrogen) atoms. The minimum atomic E-state index is -3.49. The number of rotatable bonds is 6. The number of thioether (sulfide) groups is 1. The maximum absolute atomic E-state index is 11.7. The highest BCUT2D eigenvalue weighted by atomic mass is 32.2. The van der Waals surface area contributed by atoms with Gasteiger partial charge in [-0.05, 0) is 25.2 Å². The SMILES string of the molecule is CNS(=O)(=O)c1ccc(OCC2CSC2)c(CO)c1. The van der Waals surface area contributed by atoms with E-state index in [2.05, 4.69) is 4.72 Å². The average Bonchev–Trinajstić information content (AvgIpc) is 2.37. The molecule has 0 atom stereocenters. The topological polar surface area (TPSA) is 75.6 Å². The molecule has 5 nitrogen and oxygen atoms in total. The van der Waals surface area contributed by atoms with Gasteiger partial charge >= 0.3 is 0 Å². The number of hydrogen-bond donors (Lipinski definition) is 2. The molecule has 0 spiro atoms. The second kappa shape index (κ2) is 6.13. The molecule has 0 bridgehead atoms. The molecule has 2 rings (SSSR count). The Morgan fingerprint density at radius 2 is 2.21 bits per heavy atom. The van der Waals surface area contributed by atoms with Crippen LogP contribution in [0.4, 0.5) is 0 Å². The Labute approximate surface area is 117 Å². The Morgan fingerprint density at radius 3 is 2.74 bits per heavy atom. The number of sulfonamides is 1. The van der Waals surface area contributed by atoms with Gasteiger partial charge in [0.2, 0.25) is 10.0 Å². The minimum Gasteiger partial charge on any atom is -0.493 e. The molecule has 1 aromatic rings. The van der Waals surface area contributed by atoms with E-state index in [-0.39, 0.29) is 11.5 Å². The molecule has 0 amide bonds. The summed E-state index contributed by atoms with van der Waals surface area (Å²) in [6.45, 7) is 0.361. The number of nitrogens with one attached hydrogen (secondary N) is 1. The zero-order chi connectivity index (χ0) is 13.9. The van der Waals surface area contributed by atoms with Gasteiger partial charge < -0.3 is 9.84 Å². The summed E-state index contributed by atoms with van der Waals surface area (Å²) in [5, 5.41) is 9.32. The largest absolute Gasteiger partial charge is 0.493 e. The summed E-state index contributed by atoms with van der Waals surface area (Å²) >= 11 is 1.88. The Hall–Kier alpha value is -0.760. The van der Waals surface area contributed by atoms with E-state index in [4.69, 9.17) is 4.74 Å². The fourth-order valence-corrected chi connectivity index (χ4v) is 3.24. The summed E-state index contributed by atoms with van der Waals surface area (Å²) in [5.41, 5.74) is 0.489. The molecule has 0 aliphatic carbocycles. The molecule has 7 heteroatoms. The Morgan fingerprint density at radius 1 is 1.47 bits per heavy atom. The van der Waals surface area contributed by atoms with Crippen LogP contribution in [-0.4, -0.2) is 38.7 Å². The Kier molecular flexibility index (Phi) is 4.72. The molecule has 1 aliphatic heterocycles. The van der Waals surface area contributed by atoms with Crippen molar-refractivity contribution in [3.63, 3.8) is 0 Å². The van der Waals surface area contributed by atoms with Crippen molar-refractivity contribution in [1.82, 2.24) is 4.72 Å². The Bertz CT molecular complexity index is 541. The zero-order valence-corrected chi connectivity index (χ0v) is 12.3. The standard InChI is InChI=1S/C12H17NO4S2/c1-13-19(15,16)11-2-3-12(10(4-11)5-14)17-6-9-7-18-8-9/h2-4,9,13-14H,5-8H2,1H3. The maximum atomic E-state index is 11.7. The lowest BCUT2D eigenvalue weighted by molar-refractivity contribution is 0.245. The van der Waals surface area contributed by atoms with Crippen molar-refractivity contribution in [1.29, 1.82) is 0 Å². The minimum absolute atomic E-state index is 0.130. The number of ether oxygens (including phenoxy) is 1. The van der Waals surface area contributed by atoms with E-state index in [1.165, 1.54) is 19.2 Å². The Balaban J connectivity index is 2.15. The quantitative estimate of drug-likeness (QED) is 0.814. The smallest absolute Gasteiger partial charge is 0.240 e. The molecule has 106 valence electrons. The van der Waals surface area contributed by atoms with E-state index in [0.29, 0.717) is 23.8 Å². The highest BCUT2D eigenvalue weighted by Crippen LogP contribution is 2.27. The summed E-state index contributed by atoms with van der Waals surface area (Å²) in [4.78, 5) is 0.130. The maximum Gasteiger partial charge on any atom is 0.240 e. The number of hydrogen-bond acceptors (Lipinski definition) is 5. The van der Waals surface area contributed by atoms with Crippen molar-refractivity contribution in [2.24, 2.45) is 5.92 Å². The van der Waals surface area contributed by atoms with Crippen LogP contribution in [0.15, 0.2) is 23.1 Å². The molecule has 0 saturated carbocycles. The lowest BCUT2D eigenvalue weighted by atomic mass is 10.2. The van der Waals surface area contributed by atoms with Crippen molar-refractivity contribution in [3.05, 3.63) is 23.8 Å². The number of aliphatic hydroxyl groups is 1. The van der Waals surface area contributed by atoms with E-state index in [1.807, 2.05) is 11.8 Å². The third-order valence-electron chi connectivity index (χ3n) is 2.96. The highest BCUT2D eigenvalue weighted by molar-refractivity contribution is 8.00. The van der Waals surface area contributed by atoms with Crippen molar-refractivity contribution >= 4 is 21.8 Å². The first-order valence-electron chi connectivity index (χ1n) is 5.94. The monoisotopic (exact) mass is 303 g/mol. The molecule has 1 fully saturated rings. The van der Waals surface area contributed by atoms with Gasteiger partial charge in [0.05, 0.1) is 18.1 Å². The molecule has 1 saturated heterocycles. The number of aliphatic hydroxyl groups excluding tert-OH is 1. The molecule has 2 N–H and O–H groups in total. The first-order chi connectivity index (χ1) is 9.06. The third-order valence-corrected chi connectivity index (χ3v) is 5.79. The molecule has 0 aromatic heterocycles. The van der Waals surface area contributed by atoms with Crippen molar-refractivity contribution in [3.8, 4) is 5.75 Å². The fourth-order valence-electron chi connectivity index (χ4n) is 1.69. The van der Waals surface area contributed by atoms with E-state index < -0.39 is 10.0 Å². The van der Waals surface area contributed by atoms with Gasteiger partial charge in [-0.15, -0.1) is 0 Å². The second-order valence-electron chi connectivity index (χ2n) is 4.35. The summed E-state index contributed by atoms with van der Waals surface area (Å²) < 4.78 is 31.2. The second-order valence-corrected chi connectivity index (χ2v) is 7.31. The predicted molar refractivity (Wildman–Crippen MR) is 74.9 cm³/mol. The lowest BCUT2D eigenvalue weighted by Gasteiger charge is -2.25. The van der Waals surface area contributed by atoms with Crippen LogP contribution >= 0.6 is 11.8 Å². The zero-order valence-electron chi connectivity index (χ0n) is 10.6. The van der Waals surface area contributed by atoms with Crippen molar-refractivity contribution in [2.75, 3.05) is 25.2 Å². The molecule has 1 aromatic carbocycles. The summed E-state index contributed by atoms with van der Waals surface area (Å²) in [6, 6.07) is 4.52. The predicted octanol–water partition coefficient (Wildman–Crippen LogP) is 0.829.